The van der Waals surface area contributed by atoms with E-state index in [0.29, 0.717) is 5.56 Å². The number of anilines is 1. The molecule has 0 radical (unpaired) electrons. The summed E-state index contributed by atoms with van der Waals surface area (Å²) >= 11 is 0. The third kappa shape index (κ3) is 1.60. The first-order valence-electron chi connectivity index (χ1n) is 5.82. The van der Waals surface area contributed by atoms with Gasteiger partial charge in [0.2, 0.25) is 0 Å². The van der Waals surface area contributed by atoms with Crippen molar-refractivity contribution in [3.8, 4) is 11.3 Å². The normalized spacial score (nSPS) is 14.2. The van der Waals surface area contributed by atoms with Crippen molar-refractivity contribution in [3.63, 3.8) is 0 Å². The van der Waals surface area contributed by atoms with Gasteiger partial charge in [-0.1, -0.05) is 12.1 Å². The lowest BCUT2D eigenvalue weighted by molar-refractivity contribution is 0.630. The summed E-state index contributed by atoms with van der Waals surface area (Å²) in [5, 5.41) is 7.76. The Hall–Kier alpha value is -1.84. The molecule has 0 aliphatic carbocycles. The maximum Gasteiger partial charge on any atom is 0.132 e. The van der Waals surface area contributed by atoms with E-state index in [0.717, 1.165) is 36.5 Å². The molecular formula is C13H14FN3. The Bertz CT molecular complexity index is 560. The summed E-state index contributed by atoms with van der Waals surface area (Å²) in [6.07, 6.45) is 2.03. The van der Waals surface area contributed by atoms with Gasteiger partial charge in [-0.05, 0) is 25.0 Å². The van der Waals surface area contributed by atoms with E-state index in [4.69, 9.17) is 0 Å². The minimum atomic E-state index is -0.209. The van der Waals surface area contributed by atoms with Crippen molar-refractivity contribution in [2.45, 2.75) is 12.8 Å². The topological polar surface area (TPSA) is 29.9 Å². The van der Waals surface area contributed by atoms with Crippen LogP contribution in [0.25, 0.3) is 11.3 Å². The Labute approximate surface area is 99.3 Å². The second-order valence-electron chi connectivity index (χ2n) is 4.31. The maximum absolute atomic E-state index is 13.8. The van der Waals surface area contributed by atoms with Crippen LogP contribution in [0.4, 0.5) is 10.2 Å². The van der Waals surface area contributed by atoms with Crippen LogP contribution in [0.5, 0.6) is 0 Å². The number of fused-ring (bicyclic) bond motifs is 1. The Kier molecular flexibility index (Phi) is 2.35. The molecule has 1 aromatic carbocycles. The number of halogens is 1. The van der Waals surface area contributed by atoms with Crippen LogP contribution in [0, 0.1) is 5.82 Å². The fourth-order valence-corrected chi connectivity index (χ4v) is 2.37. The van der Waals surface area contributed by atoms with Crippen molar-refractivity contribution in [1.29, 1.82) is 0 Å². The van der Waals surface area contributed by atoms with E-state index in [1.807, 2.05) is 13.1 Å². The van der Waals surface area contributed by atoms with E-state index in [-0.39, 0.29) is 5.82 Å². The molecule has 1 aliphatic rings. The van der Waals surface area contributed by atoms with Gasteiger partial charge in [-0.3, -0.25) is 4.68 Å². The first-order chi connectivity index (χ1) is 8.27. The molecular weight excluding hydrogens is 217 g/mol. The van der Waals surface area contributed by atoms with Crippen molar-refractivity contribution < 1.29 is 4.39 Å². The standard InChI is InChI=1S/C13H14FN3/c1-17-13-10(6-4-8-15-13)12(16-17)9-5-2-3-7-11(9)14/h2-3,5,7,15H,4,6,8H2,1H3. The second-order valence-corrected chi connectivity index (χ2v) is 4.31. The molecule has 1 aromatic heterocycles. The van der Waals surface area contributed by atoms with Crippen LogP contribution < -0.4 is 5.32 Å². The van der Waals surface area contributed by atoms with Crippen LogP contribution in [0.2, 0.25) is 0 Å². The van der Waals surface area contributed by atoms with Gasteiger partial charge in [0.1, 0.15) is 17.3 Å². The zero-order valence-corrected chi connectivity index (χ0v) is 9.70. The number of hydrogen-bond acceptors (Lipinski definition) is 2. The van der Waals surface area contributed by atoms with Crippen LogP contribution in [0.3, 0.4) is 0 Å². The molecule has 0 bridgehead atoms. The van der Waals surface area contributed by atoms with Gasteiger partial charge in [0.15, 0.2) is 0 Å². The lowest BCUT2D eigenvalue weighted by atomic mass is 10.0. The highest BCUT2D eigenvalue weighted by Gasteiger charge is 2.21. The maximum atomic E-state index is 13.8. The van der Waals surface area contributed by atoms with Crippen LogP contribution >= 0.6 is 0 Å². The summed E-state index contributed by atoms with van der Waals surface area (Å²) in [4.78, 5) is 0. The SMILES string of the molecule is Cn1nc(-c2ccccc2F)c2c1NCCC2. The molecule has 1 aliphatic heterocycles. The average molecular weight is 231 g/mol. The summed E-state index contributed by atoms with van der Waals surface area (Å²) < 4.78 is 15.6. The number of rotatable bonds is 1. The quantitative estimate of drug-likeness (QED) is 0.817. The molecule has 2 heterocycles. The predicted octanol–water partition coefficient (Wildman–Crippen LogP) is 2.58. The van der Waals surface area contributed by atoms with Gasteiger partial charge in [0, 0.05) is 24.7 Å². The van der Waals surface area contributed by atoms with E-state index in [9.17, 15) is 4.39 Å². The number of aromatic nitrogens is 2. The molecule has 1 N–H and O–H groups in total. The van der Waals surface area contributed by atoms with Gasteiger partial charge in [-0.15, -0.1) is 0 Å². The minimum absolute atomic E-state index is 0.209. The third-order valence-corrected chi connectivity index (χ3v) is 3.17. The van der Waals surface area contributed by atoms with E-state index >= 15 is 0 Å². The number of nitrogens with one attached hydrogen (secondary N) is 1. The van der Waals surface area contributed by atoms with Crippen molar-refractivity contribution in [1.82, 2.24) is 9.78 Å². The van der Waals surface area contributed by atoms with Crippen LogP contribution in [-0.4, -0.2) is 16.3 Å². The van der Waals surface area contributed by atoms with E-state index < -0.39 is 0 Å². The molecule has 88 valence electrons. The highest BCUT2D eigenvalue weighted by molar-refractivity contribution is 5.70. The summed E-state index contributed by atoms with van der Waals surface area (Å²) in [6, 6.07) is 6.81. The lowest BCUT2D eigenvalue weighted by Gasteiger charge is -2.15. The summed E-state index contributed by atoms with van der Waals surface area (Å²) in [7, 11) is 1.89. The number of aryl methyl sites for hydroxylation is 1. The first-order valence-corrected chi connectivity index (χ1v) is 5.82. The molecule has 3 rings (SSSR count). The molecule has 0 saturated heterocycles. The van der Waals surface area contributed by atoms with Crippen molar-refractivity contribution in [2.24, 2.45) is 7.05 Å². The first kappa shape index (κ1) is 10.3. The fraction of sp³-hybridized carbons (Fsp3) is 0.308. The number of benzene rings is 1. The summed E-state index contributed by atoms with van der Waals surface area (Å²) in [5.41, 5.74) is 2.49. The van der Waals surface area contributed by atoms with E-state index in [2.05, 4.69) is 10.4 Å². The molecule has 0 saturated carbocycles. The van der Waals surface area contributed by atoms with Crippen LogP contribution in [-0.2, 0) is 13.5 Å². The zero-order valence-electron chi connectivity index (χ0n) is 9.70. The van der Waals surface area contributed by atoms with Gasteiger partial charge in [-0.25, -0.2) is 4.39 Å². The van der Waals surface area contributed by atoms with Gasteiger partial charge >= 0.3 is 0 Å². The van der Waals surface area contributed by atoms with Crippen LogP contribution in [0.15, 0.2) is 24.3 Å². The Morgan fingerprint density at radius 3 is 3.00 bits per heavy atom. The van der Waals surface area contributed by atoms with Gasteiger partial charge in [0.05, 0.1) is 0 Å². The van der Waals surface area contributed by atoms with Crippen molar-refractivity contribution in [2.75, 3.05) is 11.9 Å². The monoisotopic (exact) mass is 231 g/mol. The Morgan fingerprint density at radius 1 is 1.35 bits per heavy atom. The lowest BCUT2D eigenvalue weighted by Crippen LogP contribution is -2.13. The second kappa shape index (κ2) is 3.87. The predicted molar refractivity (Wildman–Crippen MR) is 65.4 cm³/mol. The van der Waals surface area contributed by atoms with E-state index in [1.165, 1.54) is 6.07 Å². The highest BCUT2D eigenvalue weighted by Crippen LogP contribution is 2.32. The van der Waals surface area contributed by atoms with E-state index in [1.54, 1.807) is 16.8 Å². The van der Waals surface area contributed by atoms with Gasteiger partial charge < -0.3 is 5.32 Å². The number of nitrogens with zero attached hydrogens (tertiary/aromatic N) is 2. The zero-order chi connectivity index (χ0) is 11.8. The Morgan fingerprint density at radius 2 is 2.18 bits per heavy atom. The van der Waals surface area contributed by atoms with Crippen molar-refractivity contribution >= 4 is 5.82 Å². The molecule has 0 amide bonds. The molecule has 0 unspecified atom stereocenters. The smallest absolute Gasteiger partial charge is 0.132 e. The number of hydrogen-bond donors (Lipinski definition) is 1. The third-order valence-electron chi connectivity index (χ3n) is 3.17. The molecule has 0 spiro atoms. The Balaban J connectivity index is 2.19. The minimum Gasteiger partial charge on any atom is -0.370 e. The largest absolute Gasteiger partial charge is 0.370 e. The molecule has 0 atom stereocenters. The fourth-order valence-electron chi connectivity index (χ4n) is 2.37. The van der Waals surface area contributed by atoms with Crippen LogP contribution in [0.1, 0.15) is 12.0 Å². The molecule has 2 aromatic rings. The molecule has 4 heteroatoms. The van der Waals surface area contributed by atoms with Crippen molar-refractivity contribution in [3.05, 3.63) is 35.6 Å². The summed E-state index contributed by atoms with van der Waals surface area (Å²) in [5.74, 6) is 0.813. The average Bonchev–Trinajstić information content (AvgIpc) is 2.68. The molecule has 17 heavy (non-hydrogen) atoms. The molecule has 0 fully saturated rings. The van der Waals surface area contributed by atoms with Gasteiger partial charge in [-0.2, -0.15) is 5.10 Å². The molecule has 3 nitrogen and oxygen atoms in total. The summed E-state index contributed by atoms with van der Waals surface area (Å²) in [6.45, 7) is 0.962. The van der Waals surface area contributed by atoms with Gasteiger partial charge in [0.25, 0.3) is 0 Å². The highest BCUT2D eigenvalue weighted by atomic mass is 19.1.